The third kappa shape index (κ3) is 3.73. The van der Waals surface area contributed by atoms with Crippen LogP contribution < -0.4 is 0 Å². The predicted molar refractivity (Wildman–Crippen MR) is 84.0 cm³/mol. The Morgan fingerprint density at radius 2 is 2.11 bits per heavy atom. The van der Waals surface area contributed by atoms with E-state index in [2.05, 4.69) is 43.9 Å². The molecule has 0 amide bonds. The van der Waals surface area contributed by atoms with Crippen molar-refractivity contribution in [1.82, 2.24) is 4.90 Å². The van der Waals surface area contributed by atoms with Gasteiger partial charge in [0.25, 0.3) is 0 Å². The van der Waals surface area contributed by atoms with Gasteiger partial charge in [-0.2, -0.15) is 0 Å². The van der Waals surface area contributed by atoms with Crippen LogP contribution in [0.1, 0.15) is 54.7 Å². The van der Waals surface area contributed by atoms with Crippen LogP contribution in [-0.4, -0.2) is 24.0 Å². The van der Waals surface area contributed by atoms with E-state index in [4.69, 9.17) is 11.6 Å². The van der Waals surface area contributed by atoms with Crippen LogP contribution in [-0.2, 0) is 0 Å². The van der Waals surface area contributed by atoms with Gasteiger partial charge < -0.3 is 0 Å². The molecule has 0 radical (unpaired) electrons. The standard InChI is InChI=1S/C17H26ClN/c1-4-15-7-5-6-10-19(15)12-17(18)16-9-8-13(2)11-14(16)3/h8-9,11,15,17H,4-7,10,12H2,1-3H3. The van der Waals surface area contributed by atoms with Gasteiger partial charge in [0.15, 0.2) is 0 Å². The summed E-state index contributed by atoms with van der Waals surface area (Å²) in [5.74, 6) is 0. The van der Waals surface area contributed by atoms with E-state index >= 15 is 0 Å². The summed E-state index contributed by atoms with van der Waals surface area (Å²) in [6.45, 7) is 8.81. The van der Waals surface area contributed by atoms with Crippen molar-refractivity contribution >= 4 is 11.6 Å². The summed E-state index contributed by atoms with van der Waals surface area (Å²) < 4.78 is 0. The van der Waals surface area contributed by atoms with Crippen molar-refractivity contribution in [3.63, 3.8) is 0 Å². The van der Waals surface area contributed by atoms with Crippen LogP contribution >= 0.6 is 11.6 Å². The lowest BCUT2D eigenvalue weighted by atomic mass is 9.98. The zero-order valence-corrected chi connectivity index (χ0v) is 13.2. The zero-order chi connectivity index (χ0) is 13.8. The molecule has 0 N–H and O–H groups in total. The summed E-state index contributed by atoms with van der Waals surface area (Å²) in [5, 5.41) is 0.118. The average Bonchev–Trinajstić information content (AvgIpc) is 2.39. The molecule has 19 heavy (non-hydrogen) atoms. The number of nitrogens with zero attached hydrogens (tertiary/aromatic N) is 1. The number of rotatable bonds is 4. The monoisotopic (exact) mass is 279 g/mol. The van der Waals surface area contributed by atoms with Gasteiger partial charge in [0.05, 0.1) is 5.38 Å². The van der Waals surface area contributed by atoms with Crippen molar-refractivity contribution in [2.75, 3.05) is 13.1 Å². The van der Waals surface area contributed by atoms with Crippen molar-refractivity contribution in [3.8, 4) is 0 Å². The lowest BCUT2D eigenvalue weighted by molar-refractivity contribution is 0.144. The summed E-state index contributed by atoms with van der Waals surface area (Å²) in [6.07, 6.45) is 5.29. The number of halogens is 1. The number of likely N-dealkylation sites (tertiary alicyclic amines) is 1. The maximum Gasteiger partial charge on any atom is 0.0714 e. The molecule has 0 spiro atoms. The summed E-state index contributed by atoms with van der Waals surface area (Å²) in [4.78, 5) is 2.60. The molecular weight excluding hydrogens is 254 g/mol. The first-order valence-electron chi connectivity index (χ1n) is 7.57. The topological polar surface area (TPSA) is 3.24 Å². The van der Waals surface area contributed by atoms with Crippen LogP contribution in [0.3, 0.4) is 0 Å². The van der Waals surface area contributed by atoms with E-state index in [1.807, 2.05) is 0 Å². The molecule has 0 saturated carbocycles. The minimum atomic E-state index is 0.118. The van der Waals surface area contributed by atoms with Crippen LogP contribution in [0.5, 0.6) is 0 Å². The minimum Gasteiger partial charge on any atom is -0.299 e. The van der Waals surface area contributed by atoms with Crippen molar-refractivity contribution in [2.24, 2.45) is 0 Å². The molecule has 1 aliphatic rings. The van der Waals surface area contributed by atoms with Gasteiger partial charge in [-0.05, 0) is 50.8 Å². The van der Waals surface area contributed by atoms with E-state index in [1.165, 1.54) is 48.9 Å². The summed E-state index contributed by atoms with van der Waals surface area (Å²) in [5.41, 5.74) is 3.94. The number of aryl methyl sites for hydroxylation is 2. The first-order valence-corrected chi connectivity index (χ1v) is 8.00. The van der Waals surface area contributed by atoms with Crippen LogP contribution in [0.15, 0.2) is 18.2 Å². The number of hydrogen-bond acceptors (Lipinski definition) is 1. The van der Waals surface area contributed by atoms with Crippen LogP contribution in [0.2, 0.25) is 0 Å². The summed E-state index contributed by atoms with van der Waals surface area (Å²) in [7, 11) is 0. The Morgan fingerprint density at radius 3 is 2.79 bits per heavy atom. The van der Waals surface area contributed by atoms with Crippen LogP contribution in [0.4, 0.5) is 0 Å². The second-order valence-corrected chi connectivity index (χ2v) is 6.41. The fourth-order valence-electron chi connectivity index (χ4n) is 3.24. The number of hydrogen-bond donors (Lipinski definition) is 0. The van der Waals surface area contributed by atoms with Crippen molar-refractivity contribution < 1.29 is 0 Å². The highest BCUT2D eigenvalue weighted by Crippen LogP contribution is 2.29. The Morgan fingerprint density at radius 1 is 1.32 bits per heavy atom. The minimum absolute atomic E-state index is 0.118. The van der Waals surface area contributed by atoms with Gasteiger partial charge in [0, 0.05) is 12.6 Å². The molecule has 2 rings (SSSR count). The largest absolute Gasteiger partial charge is 0.299 e. The van der Waals surface area contributed by atoms with Gasteiger partial charge in [-0.25, -0.2) is 0 Å². The second-order valence-electron chi connectivity index (χ2n) is 5.88. The SMILES string of the molecule is CCC1CCCCN1CC(Cl)c1ccc(C)cc1C. The number of benzene rings is 1. The number of alkyl halides is 1. The molecule has 1 aromatic rings. The Bertz CT molecular complexity index is 416. The molecule has 0 aromatic heterocycles. The Kier molecular flexibility index (Phi) is 5.29. The molecule has 2 heteroatoms. The van der Waals surface area contributed by atoms with Gasteiger partial charge in [-0.15, -0.1) is 11.6 Å². The van der Waals surface area contributed by atoms with Crippen molar-refractivity contribution in [3.05, 3.63) is 34.9 Å². The molecule has 0 bridgehead atoms. The molecule has 0 aliphatic carbocycles. The lowest BCUT2D eigenvalue weighted by Crippen LogP contribution is -2.40. The molecule has 1 saturated heterocycles. The summed E-state index contributed by atoms with van der Waals surface area (Å²) >= 11 is 6.68. The average molecular weight is 280 g/mol. The smallest absolute Gasteiger partial charge is 0.0714 e. The van der Waals surface area contributed by atoms with Crippen molar-refractivity contribution in [1.29, 1.82) is 0 Å². The molecule has 2 unspecified atom stereocenters. The van der Waals surface area contributed by atoms with E-state index in [-0.39, 0.29) is 5.38 Å². The van der Waals surface area contributed by atoms with Gasteiger partial charge in [0.2, 0.25) is 0 Å². The van der Waals surface area contributed by atoms with E-state index in [0.717, 1.165) is 12.6 Å². The van der Waals surface area contributed by atoms with Gasteiger partial charge >= 0.3 is 0 Å². The van der Waals surface area contributed by atoms with Crippen LogP contribution in [0, 0.1) is 13.8 Å². The number of piperidine rings is 1. The van der Waals surface area contributed by atoms with Gasteiger partial charge in [-0.3, -0.25) is 4.90 Å². The molecule has 106 valence electrons. The molecular formula is C17H26ClN. The van der Waals surface area contributed by atoms with E-state index in [0.29, 0.717) is 0 Å². The predicted octanol–water partition coefficient (Wildman–Crippen LogP) is 4.85. The third-order valence-corrected chi connectivity index (χ3v) is 4.75. The fourth-order valence-corrected chi connectivity index (χ4v) is 3.67. The zero-order valence-electron chi connectivity index (χ0n) is 12.5. The third-order valence-electron chi connectivity index (χ3n) is 4.38. The molecule has 1 fully saturated rings. The highest BCUT2D eigenvalue weighted by atomic mass is 35.5. The maximum absolute atomic E-state index is 6.68. The molecule has 1 heterocycles. The molecule has 1 nitrogen and oxygen atoms in total. The van der Waals surface area contributed by atoms with Gasteiger partial charge in [0.1, 0.15) is 0 Å². The second kappa shape index (κ2) is 6.76. The first kappa shape index (κ1) is 14.9. The highest BCUT2D eigenvalue weighted by Gasteiger charge is 2.23. The summed E-state index contributed by atoms with van der Waals surface area (Å²) in [6, 6.07) is 7.34. The Balaban J connectivity index is 2.05. The Hall–Kier alpha value is -0.530. The quantitative estimate of drug-likeness (QED) is 0.712. The Labute approximate surface area is 123 Å². The molecule has 1 aliphatic heterocycles. The van der Waals surface area contributed by atoms with E-state index in [9.17, 15) is 0 Å². The maximum atomic E-state index is 6.68. The van der Waals surface area contributed by atoms with Crippen LogP contribution in [0.25, 0.3) is 0 Å². The van der Waals surface area contributed by atoms with Gasteiger partial charge in [-0.1, -0.05) is 37.1 Å². The fraction of sp³-hybridized carbons (Fsp3) is 0.647. The van der Waals surface area contributed by atoms with E-state index < -0.39 is 0 Å². The normalized spacial score (nSPS) is 22.4. The molecule has 1 aromatic carbocycles. The highest BCUT2D eigenvalue weighted by molar-refractivity contribution is 6.21. The van der Waals surface area contributed by atoms with Crippen molar-refractivity contribution in [2.45, 2.75) is 57.9 Å². The van der Waals surface area contributed by atoms with E-state index in [1.54, 1.807) is 0 Å². The first-order chi connectivity index (χ1) is 9.11. The lowest BCUT2D eigenvalue weighted by Gasteiger charge is -2.36. The molecule has 2 atom stereocenters.